The number of carbonyl (C=O) groups is 2. The van der Waals surface area contributed by atoms with Gasteiger partial charge in [-0.05, 0) is 12.1 Å². The van der Waals surface area contributed by atoms with E-state index in [0.29, 0.717) is 10.9 Å². The van der Waals surface area contributed by atoms with Crippen LogP contribution in [0.1, 0.15) is 0 Å². The number of benzene rings is 1. The zero-order valence-electron chi connectivity index (χ0n) is 8.86. The van der Waals surface area contributed by atoms with Crippen LogP contribution in [0.15, 0.2) is 30.3 Å². The molecule has 0 amide bonds. The molecule has 0 aliphatic heterocycles. The summed E-state index contributed by atoms with van der Waals surface area (Å²) in [4.78, 5) is 24.9. The molecule has 0 fully saturated rings. The Morgan fingerprint density at radius 2 is 1.72 bits per heavy atom. The lowest BCUT2D eigenvalue weighted by Crippen LogP contribution is -2.07. The van der Waals surface area contributed by atoms with E-state index in [2.05, 4.69) is 14.5 Å². The van der Waals surface area contributed by atoms with Gasteiger partial charge in [0.25, 0.3) is 0 Å². The van der Waals surface area contributed by atoms with Crippen LogP contribution in [0.4, 0.5) is 9.59 Å². The van der Waals surface area contributed by atoms with Crippen molar-refractivity contribution in [2.45, 2.75) is 0 Å². The van der Waals surface area contributed by atoms with Gasteiger partial charge >= 0.3 is 12.3 Å². The van der Waals surface area contributed by atoms with E-state index >= 15 is 0 Å². The lowest BCUT2D eigenvalue weighted by Gasteiger charge is -2.06. The van der Waals surface area contributed by atoms with Crippen LogP contribution in [0.3, 0.4) is 0 Å². The lowest BCUT2D eigenvalue weighted by molar-refractivity contribution is 0.142. The SMILES string of the molecule is O=C(O)Oc1cc(OC(=O)O)c2ccccc2n1. The van der Waals surface area contributed by atoms with Crippen molar-refractivity contribution < 1.29 is 29.3 Å². The van der Waals surface area contributed by atoms with E-state index in [1.807, 2.05) is 0 Å². The van der Waals surface area contributed by atoms with Crippen LogP contribution in [-0.4, -0.2) is 27.5 Å². The molecule has 7 nitrogen and oxygen atoms in total. The Hall–Kier alpha value is -2.83. The zero-order valence-corrected chi connectivity index (χ0v) is 8.86. The summed E-state index contributed by atoms with van der Waals surface area (Å²) in [5.41, 5.74) is 0.368. The lowest BCUT2D eigenvalue weighted by atomic mass is 10.2. The van der Waals surface area contributed by atoms with Crippen molar-refractivity contribution in [3.8, 4) is 11.6 Å². The standard InChI is InChI=1S/C11H7NO6/c13-10(14)17-8-5-9(18-11(15)16)12-7-4-2-1-3-6(7)8/h1-5H,(H,13,14)(H,15,16). The van der Waals surface area contributed by atoms with Crippen LogP contribution in [0.2, 0.25) is 0 Å². The van der Waals surface area contributed by atoms with Crippen molar-refractivity contribution in [3.63, 3.8) is 0 Å². The number of nitrogens with zero attached hydrogens (tertiary/aromatic N) is 1. The molecule has 0 saturated heterocycles. The number of para-hydroxylation sites is 1. The van der Waals surface area contributed by atoms with Gasteiger partial charge in [0, 0.05) is 11.5 Å². The van der Waals surface area contributed by atoms with Crippen LogP contribution in [0.5, 0.6) is 11.6 Å². The molecule has 92 valence electrons. The molecule has 7 heteroatoms. The fourth-order valence-electron chi connectivity index (χ4n) is 1.44. The first kappa shape index (κ1) is 11.6. The van der Waals surface area contributed by atoms with E-state index in [9.17, 15) is 9.59 Å². The van der Waals surface area contributed by atoms with Gasteiger partial charge in [-0.15, -0.1) is 0 Å². The average molecular weight is 249 g/mol. The van der Waals surface area contributed by atoms with Crippen molar-refractivity contribution in [1.29, 1.82) is 0 Å². The number of pyridine rings is 1. The summed E-state index contributed by atoms with van der Waals surface area (Å²) in [6.45, 7) is 0. The maximum absolute atomic E-state index is 10.5. The molecule has 1 aromatic carbocycles. The molecule has 2 rings (SSSR count). The molecule has 0 unspecified atom stereocenters. The minimum atomic E-state index is -1.54. The minimum absolute atomic E-state index is 0.0376. The third kappa shape index (κ3) is 2.46. The van der Waals surface area contributed by atoms with Crippen molar-refractivity contribution in [3.05, 3.63) is 30.3 Å². The molecule has 0 saturated carbocycles. The Morgan fingerprint density at radius 1 is 1.06 bits per heavy atom. The third-order valence-corrected chi connectivity index (χ3v) is 2.04. The molecule has 0 radical (unpaired) electrons. The van der Waals surface area contributed by atoms with Crippen LogP contribution >= 0.6 is 0 Å². The largest absolute Gasteiger partial charge is 0.512 e. The molecule has 18 heavy (non-hydrogen) atoms. The van der Waals surface area contributed by atoms with Crippen LogP contribution in [-0.2, 0) is 0 Å². The maximum Gasteiger partial charge on any atom is 0.512 e. The topological polar surface area (TPSA) is 106 Å². The molecule has 0 aliphatic carbocycles. The highest BCUT2D eigenvalue weighted by atomic mass is 16.7. The predicted molar refractivity (Wildman–Crippen MR) is 59.0 cm³/mol. The van der Waals surface area contributed by atoms with Gasteiger partial charge in [-0.2, -0.15) is 0 Å². The molecule has 1 heterocycles. The summed E-state index contributed by atoms with van der Waals surface area (Å²) in [5.74, 6) is -0.290. The Balaban J connectivity index is 2.56. The highest BCUT2D eigenvalue weighted by Gasteiger charge is 2.12. The van der Waals surface area contributed by atoms with Crippen molar-refractivity contribution >= 4 is 23.2 Å². The monoisotopic (exact) mass is 249 g/mol. The number of rotatable bonds is 2. The van der Waals surface area contributed by atoms with Crippen molar-refractivity contribution in [2.75, 3.05) is 0 Å². The third-order valence-electron chi connectivity index (χ3n) is 2.04. The molecule has 0 atom stereocenters. The first-order valence-electron chi connectivity index (χ1n) is 4.77. The molecule has 1 aromatic heterocycles. The molecular weight excluding hydrogens is 242 g/mol. The van der Waals surface area contributed by atoms with Gasteiger partial charge in [0.1, 0.15) is 5.75 Å². The molecule has 2 aromatic rings. The summed E-state index contributed by atoms with van der Waals surface area (Å²) >= 11 is 0. The summed E-state index contributed by atoms with van der Waals surface area (Å²) < 4.78 is 8.93. The Labute approximate surface area is 100 Å². The van der Waals surface area contributed by atoms with Gasteiger partial charge in [-0.25, -0.2) is 14.6 Å². The molecule has 2 N–H and O–H groups in total. The van der Waals surface area contributed by atoms with Crippen LogP contribution < -0.4 is 9.47 Å². The van der Waals surface area contributed by atoms with Gasteiger partial charge in [-0.1, -0.05) is 12.1 Å². The van der Waals surface area contributed by atoms with Crippen molar-refractivity contribution in [1.82, 2.24) is 4.98 Å². The fourth-order valence-corrected chi connectivity index (χ4v) is 1.44. The van der Waals surface area contributed by atoms with Gasteiger partial charge in [-0.3, -0.25) is 0 Å². The number of ether oxygens (including phenoxy) is 2. The second-order valence-corrected chi connectivity index (χ2v) is 3.21. The summed E-state index contributed by atoms with van der Waals surface area (Å²) in [7, 11) is 0. The average Bonchev–Trinajstić information content (AvgIpc) is 2.27. The molecule has 0 aliphatic rings. The van der Waals surface area contributed by atoms with Crippen molar-refractivity contribution in [2.24, 2.45) is 0 Å². The number of fused-ring (bicyclic) bond motifs is 1. The van der Waals surface area contributed by atoms with Gasteiger partial charge in [0.05, 0.1) is 5.52 Å². The number of carboxylic acid groups (broad SMARTS) is 2. The van der Waals surface area contributed by atoms with E-state index in [4.69, 9.17) is 10.2 Å². The van der Waals surface area contributed by atoms with Gasteiger partial charge in [0.2, 0.25) is 5.88 Å². The van der Waals surface area contributed by atoms with Gasteiger partial charge < -0.3 is 19.7 Å². The second-order valence-electron chi connectivity index (χ2n) is 3.21. The maximum atomic E-state index is 10.5. The highest BCUT2D eigenvalue weighted by molar-refractivity contribution is 5.87. The number of hydrogen-bond acceptors (Lipinski definition) is 5. The van der Waals surface area contributed by atoms with Gasteiger partial charge in [0.15, 0.2) is 0 Å². The zero-order chi connectivity index (χ0) is 13.1. The van der Waals surface area contributed by atoms with E-state index in [-0.39, 0.29) is 11.6 Å². The van der Waals surface area contributed by atoms with E-state index in [1.165, 1.54) is 0 Å². The molecule has 0 bridgehead atoms. The Morgan fingerprint density at radius 3 is 2.39 bits per heavy atom. The highest BCUT2D eigenvalue weighted by Crippen LogP contribution is 2.28. The molecule has 0 spiro atoms. The number of hydrogen-bond donors (Lipinski definition) is 2. The molecular formula is C11H7NO6. The quantitative estimate of drug-likeness (QED) is 0.786. The van der Waals surface area contributed by atoms with E-state index < -0.39 is 12.3 Å². The van der Waals surface area contributed by atoms with Crippen LogP contribution in [0.25, 0.3) is 10.9 Å². The van der Waals surface area contributed by atoms with E-state index in [1.54, 1.807) is 24.3 Å². The normalized spacial score (nSPS) is 10.0. The van der Waals surface area contributed by atoms with E-state index in [0.717, 1.165) is 6.07 Å². The number of aromatic nitrogens is 1. The fraction of sp³-hybridized carbons (Fsp3) is 0. The smallest absolute Gasteiger partial charge is 0.449 e. The summed E-state index contributed by atoms with van der Waals surface area (Å²) in [6, 6.07) is 7.63. The first-order chi connectivity index (χ1) is 8.56. The minimum Gasteiger partial charge on any atom is -0.449 e. The van der Waals surface area contributed by atoms with Crippen LogP contribution in [0, 0.1) is 0 Å². The summed E-state index contributed by atoms with van der Waals surface area (Å²) in [5, 5.41) is 17.5. The second kappa shape index (κ2) is 4.58. The summed E-state index contributed by atoms with van der Waals surface area (Å²) in [6.07, 6.45) is -3.05. The Bertz CT molecular complexity index is 624. The first-order valence-corrected chi connectivity index (χ1v) is 4.77. The predicted octanol–water partition coefficient (Wildman–Crippen LogP) is 2.35. The Kier molecular flexibility index (Phi) is 2.96.